The van der Waals surface area contributed by atoms with Gasteiger partial charge in [-0.2, -0.15) is 0 Å². The third-order valence-corrected chi connectivity index (χ3v) is 7.34. The minimum Gasteiger partial charge on any atom is -0.475 e. The minimum atomic E-state index is -1.26. The summed E-state index contributed by atoms with van der Waals surface area (Å²) in [6, 6.07) is 2.49. The fraction of sp³-hybridized carbons (Fsp3) is 0.714. The Balaban J connectivity index is 1.42. The number of carbonyl (C=O) groups is 2. The molecule has 30 heavy (non-hydrogen) atoms. The first-order valence-corrected chi connectivity index (χ1v) is 10.5. The maximum atomic E-state index is 12.6. The zero-order valence-corrected chi connectivity index (χ0v) is 17.2. The number of carboxylic acid groups (broad SMARTS) is 1. The largest absolute Gasteiger partial charge is 0.475 e. The molecule has 0 aromatic carbocycles. The van der Waals surface area contributed by atoms with E-state index < -0.39 is 35.9 Å². The summed E-state index contributed by atoms with van der Waals surface area (Å²) in [5, 5.41) is 8.99. The van der Waals surface area contributed by atoms with Crippen molar-refractivity contribution in [3.8, 4) is 0 Å². The van der Waals surface area contributed by atoms with Gasteiger partial charge in [0.15, 0.2) is 11.9 Å². The van der Waals surface area contributed by atoms with Crippen LogP contribution in [0.4, 0.5) is 0 Å². The van der Waals surface area contributed by atoms with Crippen LogP contribution in [-0.2, 0) is 24.0 Å². The van der Waals surface area contributed by atoms with Crippen LogP contribution in [0.3, 0.4) is 0 Å². The molecule has 5 aliphatic rings. The Morgan fingerprint density at radius 2 is 1.87 bits per heavy atom. The van der Waals surface area contributed by atoms with Gasteiger partial charge in [-0.05, 0) is 50.2 Å². The molecule has 1 aliphatic carbocycles. The molecular weight excluding hydrogens is 396 g/mol. The first kappa shape index (κ1) is 20.0. The van der Waals surface area contributed by atoms with Gasteiger partial charge in [-0.1, -0.05) is 13.8 Å². The Hall–Kier alpha value is -1.94. The van der Waals surface area contributed by atoms with Crippen molar-refractivity contribution in [3.05, 3.63) is 23.7 Å². The van der Waals surface area contributed by atoms with Crippen molar-refractivity contribution in [1.29, 1.82) is 0 Å². The van der Waals surface area contributed by atoms with Crippen LogP contribution in [0.2, 0.25) is 0 Å². The van der Waals surface area contributed by atoms with Crippen molar-refractivity contribution < 1.29 is 43.1 Å². The van der Waals surface area contributed by atoms with E-state index >= 15 is 0 Å². The third kappa shape index (κ3) is 2.83. The van der Waals surface area contributed by atoms with Gasteiger partial charge in [0, 0.05) is 18.3 Å². The van der Waals surface area contributed by atoms with Crippen molar-refractivity contribution >= 4 is 11.9 Å². The zero-order chi connectivity index (χ0) is 21.3. The summed E-state index contributed by atoms with van der Waals surface area (Å²) in [5.41, 5.74) is -0.739. The summed E-state index contributed by atoms with van der Waals surface area (Å²) in [6.07, 6.45) is 1.92. The van der Waals surface area contributed by atoms with Crippen LogP contribution in [0.5, 0.6) is 0 Å². The molecule has 1 spiro atoms. The van der Waals surface area contributed by atoms with Crippen LogP contribution in [0.15, 0.2) is 16.5 Å². The fourth-order valence-electron chi connectivity index (χ4n) is 5.73. The molecule has 2 bridgehead atoms. The Bertz CT molecular complexity index is 864. The SMILES string of the molecule is C[C@H]1[C@H](OC(=O)c2ccc(C(=O)O)o2)O[C@@H]2O[C@]3(C)CC[C@H]4[C@H](C)CC[C@@H]1C24OO3. The Labute approximate surface area is 173 Å². The minimum absolute atomic E-state index is 0.0177. The summed E-state index contributed by atoms with van der Waals surface area (Å²) in [7, 11) is 0. The van der Waals surface area contributed by atoms with Crippen LogP contribution in [0, 0.1) is 23.7 Å². The topological polar surface area (TPSA) is 114 Å². The van der Waals surface area contributed by atoms with E-state index in [1.165, 1.54) is 12.1 Å². The molecular formula is C21H26O9. The third-order valence-electron chi connectivity index (χ3n) is 7.34. The lowest BCUT2D eigenvalue weighted by molar-refractivity contribution is -0.576. The molecule has 5 heterocycles. The first-order chi connectivity index (χ1) is 14.2. The Morgan fingerprint density at radius 3 is 2.60 bits per heavy atom. The Kier molecular flexibility index (Phi) is 4.52. The van der Waals surface area contributed by atoms with Crippen molar-refractivity contribution in [2.24, 2.45) is 23.7 Å². The van der Waals surface area contributed by atoms with Crippen LogP contribution >= 0.6 is 0 Å². The second-order valence-electron chi connectivity index (χ2n) is 9.15. The number of aromatic carboxylic acids is 1. The first-order valence-electron chi connectivity index (χ1n) is 10.5. The quantitative estimate of drug-likeness (QED) is 0.578. The molecule has 9 heteroatoms. The van der Waals surface area contributed by atoms with E-state index in [2.05, 4.69) is 6.92 Å². The molecule has 4 aliphatic heterocycles. The number of furan rings is 1. The molecule has 6 rings (SSSR count). The highest BCUT2D eigenvalue weighted by Gasteiger charge is 2.69. The number of rotatable bonds is 3. The van der Waals surface area contributed by atoms with Gasteiger partial charge < -0.3 is 23.7 Å². The molecule has 1 aromatic rings. The molecule has 1 N–H and O–H groups in total. The molecule has 1 aromatic heterocycles. The molecule has 9 nitrogen and oxygen atoms in total. The molecule has 164 valence electrons. The highest BCUT2D eigenvalue weighted by atomic mass is 17.3. The summed E-state index contributed by atoms with van der Waals surface area (Å²) < 4.78 is 23.1. The summed E-state index contributed by atoms with van der Waals surface area (Å²) >= 11 is 0. The standard InChI is InChI=1S/C21H26O9/c1-10-4-5-13-11(2)18(26-17(24)15-7-6-14(25-15)16(22)23)27-19-21(13)12(10)8-9-20(3,28-19)29-30-21/h6-7,10-13,18-19H,4-5,8-9H2,1-3H3,(H,22,23)/t10-,11-,12+,13+,18-,19-,20+,21?/m1/s1. The van der Waals surface area contributed by atoms with E-state index in [1.807, 2.05) is 13.8 Å². The zero-order valence-electron chi connectivity index (χ0n) is 17.2. The highest BCUT2D eigenvalue weighted by Crippen LogP contribution is 2.60. The summed E-state index contributed by atoms with van der Waals surface area (Å²) in [6.45, 7) is 6.02. The maximum absolute atomic E-state index is 12.6. The van der Waals surface area contributed by atoms with Crippen LogP contribution in [-0.4, -0.2) is 41.0 Å². The van der Waals surface area contributed by atoms with Gasteiger partial charge in [-0.25, -0.2) is 19.4 Å². The fourth-order valence-corrected chi connectivity index (χ4v) is 5.73. The van der Waals surface area contributed by atoms with Gasteiger partial charge >= 0.3 is 11.9 Å². The molecule has 8 atom stereocenters. The number of hydrogen-bond acceptors (Lipinski definition) is 8. The average molecular weight is 422 g/mol. The number of carbonyl (C=O) groups excluding carboxylic acids is 1. The lowest BCUT2D eigenvalue weighted by Gasteiger charge is -2.59. The van der Waals surface area contributed by atoms with Crippen LogP contribution in [0.25, 0.3) is 0 Å². The highest BCUT2D eigenvalue weighted by molar-refractivity contribution is 5.90. The van der Waals surface area contributed by atoms with Gasteiger partial charge in [0.1, 0.15) is 0 Å². The van der Waals surface area contributed by atoms with E-state index in [4.69, 9.17) is 33.5 Å². The second-order valence-corrected chi connectivity index (χ2v) is 9.15. The normalized spacial score (nSPS) is 44.8. The lowest BCUT2D eigenvalue weighted by Crippen LogP contribution is -2.70. The monoisotopic (exact) mass is 422 g/mol. The molecule has 0 radical (unpaired) electrons. The predicted molar refractivity (Wildman–Crippen MR) is 97.9 cm³/mol. The molecule has 5 fully saturated rings. The van der Waals surface area contributed by atoms with Crippen molar-refractivity contribution in [2.75, 3.05) is 0 Å². The lowest BCUT2D eigenvalue weighted by atomic mass is 9.58. The number of fused-ring (bicyclic) bond motifs is 2. The van der Waals surface area contributed by atoms with E-state index in [9.17, 15) is 9.59 Å². The summed E-state index contributed by atoms with van der Waals surface area (Å²) in [4.78, 5) is 35.4. The Morgan fingerprint density at radius 1 is 1.10 bits per heavy atom. The van der Waals surface area contributed by atoms with Crippen LogP contribution < -0.4 is 0 Å². The van der Waals surface area contributed by atoms with Crippen molar-refractivity contribution in [2.45, 2.75) is 70.4 Å². The van der Waals surface area contributed by atoms with Gasteiger partial charge in [0.05, 0.1) is 0 Å². The van der Waals surface area contributed by atoms with Gasteiger partial charge in [0.25, 0.3) is 0 Å². The van der Waals surface area contributed by atoms with E-state index in [0.717, 1.165) is 19.3 Å². The second kappa shape index (κ2) is 6.78. The predicted octanol–water partition coefficient (Wildman–Crippen LogP) is 3.34. The number of ether oxygens (including phenoxy) is 3. The smallest absolute Gasteiger partial charge is 0.376 e. The van der Waals surface area contributed by atoms with E-state index in [1.54, 1.807) is 0 Å². The van der Waals surface area contributed by atoms with Gasteiger partial charge in [-0.15, -0.1) is 0 Å². The van der Waals surface area contributed by atoms with E-state index in [0.29, 0.717) is 12.3 Å². The average Bonchev–Trinajstić information content (AvgIpc) is 3.09. The van der Waals surface area contributed by atoms with Gasteiger partial charge in [-0.3, -0.25) is 0 Å². The van der Waals surface area contributed by atoms with Crippen molar-refractivity contribution in [3.63, 3.8) is 0 Å². The molecule has 1 unspecified atom stereocenters. The maximum Gasteiger partial charge on any atom is 0.376 e. The number of carboxylic acids is 1. The van der Waals surface area contributed by atoms with Crippen molar-refractivity contribution in [1.82, 2.24) is 0 Å². The summed E-state index contributed by atoms with van der Waals surface area (Å²) in [5.74, 6) is -2.97. The molecule has 0 amide bonds. The van der Waals surface area contributed by atoms with Crippen LogP contribution in [0.1, 0.15) is 67.6 Å². The van der Waals surface area contributed by atoms with E-state index in [-0.39, 0.29) is 29.3 Å². The number of esters is 1. The molecule has 4 saturated heterocycles. The van der Waals surface area contributed by atoms with Gasteiger partial charge in [0.2, 0.25) is 23.6 Å². The number of hydrogen-bond donors (Lipinski definition) is 1. The molecule has 1 saturated carbocycles.